The normalized spacial score (nSPS) is 12.6. The van der Waals surface area contributed by atoms with Crippen molar-refractivity contribution in [3.63, 3.8) is 0 Å². The third-order valence-corrected chi connectivity index (χ3v) is 3.46. The molecule has 1 aromatic heterocycles. The van der Waals surface area contributed by atoms with Crippen molar-refractivity contribution in [3.8, 4) is 0 Å². The van der Waals surface area contributed by atoms with Gasteiger partial charge in [0.15, 0.2) is 0 Å². The van der Waals surface area contributed by atoms with Crippen LogP contribution in [0.25, 0.3) is 21.8 Å². The monoisotopic (exact) mass is 236 g/mol. The van der Waals surface area contributed by atoms with Crippen molar-refractivity contribution in [3.05, 3.63) is 30.3 Å². The summed E-state index contributed by atoms with van der Waals surface area (Å²) in [7, 11) is -4.14. The van der Waals surface area contributed by atoms with Crippen molar-refractivity contribution >= 4 is 31.9 Å². The van der Waals surface area contributed by atoms with Crippen LogP contribution in [-0.4, -0.2) is 23.2 Å². The zero-order chi connectivity index (χ0) is 11.3. The maximum absolute atomic E-state index is 11.0. The molecule has 16 heavy (non-hydrogen) atoms. The molecule has 1 heterocycles. The van der Waals surface area contributed by atoms with Crippen LogP contribution in [0.15, 0.2) is 35.2 Å². The number of aromatic nitrogens is 2. The first-order valence-corrected chi connectivity index (χ1v) is 6.06. The van der Waals surface area contributed by atoms with Crippen molar-refractivity contribution in [1.29, 1.82) is 0 Å². The molecular formula is C10H8N2O3S. The van der Waals surface area contributed by atoms with E-state index in [0.29, 0.717) is 0 Å². The average molecular weight is 236 g/mol. The van der Waals surface area contributed by atoms with Crippen molar-refractivity contribution in [2.24, 2.45) is 0 Å². The fourth-order valence-electron chi connectivity index (χ4n) is 1.77. The summed E-state index contributed by atoms with van der Waals surface area (Å²) in [6.07, 6.45) is 0. The van der Waals surface area contributed by atoms with E-state index >= 15 is 0 Å². The predicted octanol–water partition coefficient (Wildman–Crippen LogP) is 1.90. The van der Waals surface area contributed by atoms with Gasteiger partial charge in [-0.1, -0.05) is 12.1 Å². The molecule has 5 nitrogen and oxygen atoms in total. The molecule has 82 valence electrons. The summed E-state index contributed by atoms with van der Waals surface area (Å²) in [6, 6.07) is 8.16. The number of fused-ring (bicyclic) bond motifs is 3. The molecule has 6 heteroatoms. The lowest BCUT2D eigenvalue weighted by molar-refractivity contribution is 0.483. The largest absolute Gasteiger partial charge is 0.299 e. The second-order valence-corrected chi connectivity index (χ2v) is 5.02. The van der Waals surface area contributed by atoms with E-state index in [1.165, 1.54) is 12.1 Å². The van der Waals surface area contributed by atoms with E-state index in [4.69, 9.17) is 4.55 Å². The van der Waals surface area contributed by atoms with E-state index in [9.17, 15) is 8.42 Å². The zero-order valence-electron chi connectivity index (χ0n) is 8.06. The quantitative estimate of drug-likeness (QED) is 0.564. The van der Waals surface area contributed by atoms with Crippen LogP contribution in [0.5, 0.6) is 0 Å². The lowest BCUT2D eigenvalue weighted by atomic mass is 10.1. The molecule has 0 bridgehead atoms. The van der Waals surface area contributed by atoms with Crippen molar-refractivity contribution in [1.82, 2.24) is 10.2 Å². The minimum absolute atomic E-state index is 0.0905. The van der Waals surface area contributed by atoms with Crippen LogP contribution in [-0.2, 0) is 10.1 Å². The maximum atomic E-state index is 11.0. The molecule has 0 radical (unpaired) electrons. The molecule has 0 unspecified atom stereocenters. The molecule has 0 amide bonds. The fourth-order valence-corrected chi connectivity index (χ4v) is 2.29. The second kappa shape index (κ2) is 2.87. The Morgan fingerprint density at radius 2 is 1.88 bits per heavy atom. The van der Waals surface area contributed by atoms with Gasteiger partial charge in [0.25, 0.3) is 10.1 Å². The lowest BCUT2D eigenvalue weighted by Crippen LogP contribution is -1.98. The molecule has 0 aliphatic carbocycles. The number of hydrogen-bond acceptors (Lipinski definition) is 2. The Labute approximate surface area is 90.8 Å². The van der Waals surface area contributed by atoms with Gasteiger partial charge in [0.2, 0.25) is 0 Å². The molecule has 0 saturated carbocycles. The van der Waals surface area contributed by atoms with Crippen molar-refractivity contribution in [2.75, 3.05) is 0 Å². The third kappa shape index (κ3) is 1.24. The van der Waals surface area contributed by atoms with E-state index in [2.05, 4.69) is 10.2 Å². The van der Waals surface area contributed by atoms with Crippen LogP contribution in [0, 0.1) is 0 Å². The highest BCUT2D eigenvalue weighted by Gasteiger charge is 2.11. The summed E-state index contributed by atoms with van der Waals surface area (Å²) in [5.74, 6) is 0. The van der Waals surface area contributed by atoms with Gasteiger partial charge in [0, 0.05) is 5.39 Å². The number of rotatable bonds is 1. The van der Waals surface area contributed by atoms with Crippen LogP contribution in [0.2, 0.25) is 0 Å². The minimum atomic E-state index is -4.14. The number of nitrogens with one attached hydrogen (secondary N) is 2. The summed E-state index contributed by atoms with van der Waals surface area (Å²) in [4.78, 5) is -0.0905. The van der Waals surface area contributed by atoms with Gasteiger partial charge < -0.3 is 0 Å². The summed E-state index contributed by atoms with van der Waals surface area (Å²) < 4.78 is 30.9. The Hall–Kier alpha value is -1.79. The summed E-state index contributed by atoms with van der Waals surface area (Å²) in [5, 5.41) is 7.52. The first-order chi connectivity index (χ1) is 7.55. The van der Waals surface area contributed by atoms with Crippen LogP contribution < -0.4 is 0 Å². The Morgan fingerprint density at radius 1 is 1.06 bits per heavy atom. The molecule has 0 spiro atoms. The number of benzene rings is 2. The van der Waals surface area contributed by atoms with Crippen LogP contribution in [0.1, 0.15) is 0 Å². The molecule has 0 fully saturated rings. The highest BCUT2D eigenvalue weighted by Crippen LogP contribution is 2.25. The van der Waals surface area contributed by atoms with Gasteiger partial charge in [-0.15, -0.1) is 0 Å². The molecule has 0 aliphatic heterocycles. The molecule has 2 aromatic carbocycles. The highest BCUT2D eigenvalue weighted by molar-refractivity contribution is 7.85. The molecule has 3 N–H and O–H groups in total. The van der Waals surface area contributed by atoms with Gasteiger partial charge in [-0.25, -0.2) is 0 Å². The second-order valence-electron chi connectivity index (χ2n) is 3.60. The third-order valence-electron chi connectivity index (χ3n) is 2.61. The molecule has 3 rings (SSSR count). The van der Waals surface area contributed by atoms with Crippen LogP contribution in [0.4, 0.5) is 0 Å². The molecule has 3 aromatic rings. The lowest BCUT2D eigenvalue weighted by Gasteiger charge is -2.08. The number of aromatic amines is 2. The maximum Gasteiger partial charge on any atom is 0.294 e. The van der Waals surface area contributed by atoms with Crippen LogP contribution in [0.3, 0.4) is 0 Å². The van der Waals surface area contributed by atoms with E-state index in [0.717, 1.165) is 21.8 Å². The van der Waals surface area contributed by atoms with Gasteiger partial charge in [0.1, 0.15) is 0 Å². The first-order valence-electron chi connectivity index (χ1n) is 4.62. The summed E-state index contributed by atoms with van der Waals surface area (Å²) in [6.45, 7) is 0. The van der Waals surface area contributed by atoms with E-state index in [-0.39, 0.29) is 4.90 Å². The van der Waals surface area contributed by atoms with Gasteiger partial charge in [-0.05, 0) is 23.6 Å². The average Bonchev–Trinajstić information content (AvgIpc) is 2.16. The van der Waals surface area contributed by atoms with Crippen LogP contribution >= 0.6 is 0 Å². The van der Waals surface area contributed by atoms with Gasteiger partial charge in [0.05, 0.1) is 15.9 Å². The highest BCUT2D eigenvalue weighted by atomic mass is 32.2. The SMILES string of the molecule is O=S(=O)(O)c1ccc2c(ccc3[nH][nH]c32)c1. The fraction of sp³-hybridized carbons (Fsp3) is 0. The van der Waals surface area contributed by atoms with E-state index in [1.807, 2.05) is 6.07 Å². The summed E-state index contributed by atoms with van der Waals surface area (Å²) in [5.41, 5.74) is 1.92. The van der Waals surface area contributed by atoms with Gasteiger partial charge in [-0.3, -0.25) is 14.8 Å². The summed E-state index contributed by atoms with van der Waals surface area (Å²) >= 11 is 0. The van der Waals surface area contributed by atoms with E-state index in [1.54, 1.807) is 12.1 Å². The molecule has 0 saturated heterocycles. The van der Waals surface area contributed by atoms with Gasteiger partial charge >= 0.3 is 0 Å². The Kier molecular flexibility index (Phi) is 1.69. The zero-order valence-corrected chi connectivity index (χ0v) is 8.88. The predicted molar refractivity (Wildman–Crippen MR) is 60.0 cm³/mol. The van der Waals surface area contributed by atoms with E-state index < -0.39 is 10.1 Å². The topological polar surface area (TPSA) is 85.9 Å². The van der Waals surface area contributed by atoms with Gasteiger partial charge in [-0.2, -0.15) is 8.42 Å². The number of hydrogen-bond donors (Lipinski definition) is 3. The standard InChI is InChI=1S/C10H8N2O3S/c13-16(14,15)7-2-3-8-6(5-7)1-4-9-10(8)12-11-9/h1-5,11-12H,(H,13,14,15). The Bertz CT molecular complexity index is 783. The Balaban J connectivity index is 2.39. The molecular weight excluding hydrogens is 228 g/mol. The first kappa shape index (κ1) is 9.44. The van der Waals surface area contributed by atoms with Crippen molar-refractivity contribution in [2.45, 2.75) is 4.90 Å². The Morgan fingerprint density at radius 3 is 2.50 bits per heavy atom. The minimum Gasteiger partial charge on any atom is -0.299 e. The smallest absolute Gasteiger partial charge is 0.294 e. The molecule has 0 aliphatic rings. The molecule has 0 atom stereocenters. The van der Waals surface area contributed by atoms with Crippen molar-refractivity contribution < 1.29 is 13.0 Å². The number of H-pyrrole nitrogens is 2.